The molecule has 0 amide bonds. The van der Waals surface area contributed by atoms with E-state index in [4.69, 9.17) is 0 Å². The maximum absolute atomic E-state index is 4.37. The Morgan fingerprint density at radius 3 is 3.05 bits per heavy atom. The zero-order valence-corrected chi connectivity index (χ0v) is 11.5. The number of nitrogens with zero attached hydrogens (tertiary/aromatic N) is 2. The lowest BCUT2D eigenvalue weighted by molar-refractivity contribution is 0.196. The predicted molar refractivity (Wildman–Crippen MR) is 79.1 cm³/mol. The largest absolute Gasteiger partial charge is 0.315 e. The van der Waals surface area contributed by atoms with Gasteiger partial charge in [0.15, 0.2) is 0 Å². The molecular weight excluding hydrogens is 234 g/mol. The highest BCUT2D eigenvalue weighted by Gasteiger charge is 2.18. The summed E-state index contributed by atoms with van der Waals surface area (Å²) >= 11 is 0. The zero-order chi connectivity index (χ0) is 13.1. The second-order valence-electron chi connectivity index (χ2n) is 5.44. The van der Waals surface area contributed by atoms with E-state index in [-0.39, 0.29) is 0 Å². The minimum atomic E-state index is 0.646. The summed E-state index contributed by atoms with van der Waals surface area (Å²) in [6, 6.07) is 9.15. The molecule has 0 bridgehead atoms. The molecule has 1 atom stereocenters. The van der Waals surface area contributed by atoms with Gasteiger partial charge in [-0.15, -0.1) is 0 Å². The topological polar surface area (TPSA) is 28.2 Å². The molecule has 3 rings (SSSR count). The number of aromatic nitrogens is 1. The summed E-state index contributed by atoms with van der Waals surface area (Å²) in [5.41, 5.74) is 1.33. The van der Waals surface area contributed by atoms with Crippen LogP contribution in [0.1, 0.15) is 18.4 Å². The van der Waals surface area contributed by atoms with Gasteiger partial charge in [-0.2, -0.15) is 0 Å². The number of benzene rings is 1. The van der Waals surface area contributed by atoms with Crippen molar-refractivity contribution >= 4 is 10.8 Å². The number of nitrogens with one attached hydrogen (secondary N) is 1. The predicted octanol–water partition coefficient (Wildman–Crippen LogP) is 2.42. The van der Waals surface area contributed by atoms with Crippen molar-refractivity contribution in [3.05, 3.63) is 42.2 Å². The van der Waals surface area contributed by atoms with Crippen LogP contribution in [-0.2, 0) is 6.54 Å². The van der Waals surface area contributed by atoms with E-state index >= 15 is 0 Å². The van der Waals surface area contributed by atoms with Crippen molar-refractivity contribution in [1.82, 2.24) is 15.2 Å². The Morgan fingerprint density at radius 1 is 1.32 bits per heavy atom. The fourth-order valence-electron chi connectivity index (χ4n) is 2.91. The van der Waals surface area contributed by atoms with Crippen LogP contribution in [0.4, 0.5) is 0 Å². The van der Waals surface area contributed by atoms with Crippen LogP contribution in [0.3, 0.4) is 0 Å². The minimum Gasteiger partial charge on any atom is -0.315 e. The maximum atomic E-state index is 4.37. The average molecular weight is 255 g/mol. The molecule has 1 N–H and O–H groups in total. The fraction of sp³-hybridized carbons (Fsp3) is 0.438. The van der Waals surface area contributed by atoms with Crippen molar-refractivity contribution in [1.29, 1.82) is 0 Å². The lowest BCUT2D eigenvalue weighted by Gasteiger charge is -2.31. The molecule has 2 heterocycles. The Kier molecular flexibility index (Phi) is 3.76. The number of hydrogen-bond acceptors (Lipinski definition) is 3. The Bertz CT molecular complexity index is 541. The highest BCUT2D eigenvalue weighted by molar-refractivity contribution is 5.84. The molecule has 0 aliphatic carbocycles. The third-order valence-corrected chi connectivity index (χ3v) is 4.06. The lowest BCUT2D eigenvalue weighted by atomic mass is 10.0. The van der Waals surface area contributed by atoms with Gasteiger partial charge in [-0.05, 0) is 37.4 Å². The van der Waals surface area contributed by atoms with Crippen LogP contribution in [0, 0.1) is 0 Å². The van der Waals surface area contributed by atoms with Crippen molar-refractivity contribution in [2.45, 2.75) is 25.4 Å². The lowest BCUT2D eigenvalue weighted by Crippen LogP contribution is -2.43. The van der Waals surface area contributed by atoms with Crippen LogP contribution in [0.5, 0.6) is 0 Å². The van der Waals surface area contributed by atoms with Crippen molar-refractivity contribution in [3.8, 4) is 0 Å². The average Bonchev–Trinajstić information content (AvgIpc) is 2.48. The van der Waals surface area contributed by atoms with Gasteiger partial charge in [0.25, 0.3) is 0 Å². The molecule has 100 valence electrons. The highest BCUT2D eigenvalue weighted by atomic mass is 15.2. The second kappa shape index (κ2) is 5.68. The molecule has 1 aliphatic heterocycles. The van der Waals surface area contributed by atoms with Crippen molar-refractivity contribution in [2.75, 3.05) is 20.1 Å². The monoisotopic (exact) mass is 255 g/mol. The normalized spacial score (nSPS) is 20.0. The van der Waals surface area contributed by atoms with Gasteiger partial charge in [0, 0.05) is 36.9 Å². The van der Waals surface area contributed by atoms with Crippen molar-refractivity contribution < 1.29 is 0 Å². The molecule has 0 radical (unpaired) electrons. The molecule has 3 nitrogen and oxygen atoms in total. The number of pyridine rings is 1. The van der Waals surface area contributed by atoms with Crippen LogP contribution in [0.25, 0.3) is 10.8 Å². The summed E-state index contributed by atoms with van der Waals surface area (Å²) < 4.78 is 0. The molecule has 1 aromatic carbocycles. The SMILES string of the molecule is CN(Cc1cncc2ccccc12)C1CCCNC1. The fourth-order valence-corrected chi connectivity index (χ4v) is 2.91. The van der Waals surface area contributed by atoms with Crippen molar-refractivity contribution in [2.24, 2.45) is 0 Å². The number of likely N-dealkylation sites (N-methyl/N-ethyl adjacent to an activating group) is 1. The molecule has 0 spiro atoms. The number of hydrogen-bond donors (Lipinski definition) is 1. The molecule has 19 heavy (non-hydrogen) atoms. The zero-order valence-electron chi connectivity index (χ0n) is 11.5. The highest BCUT2D eigenvalue weighted by Crippen LogP contribution is 2.20. The molecule has 3 heteroatoms. The number of rotatable bonds is 3. The Balaban J connectivity index is 1.80. The van der Waals surface area contributed by atoms with Crippen LogP contribution < -0.4 is 5.32 Å². The van der Waals surface area contributed by atoms with E-state index in [0.29, 0.717) is 6.04 Å². The van der Waals surface area contributed by atoms with Gasteiger partial charge >= 0.3 is 0 Å². The summed E-state index contributed by atoms with van der Waals surface area (Å²) in [5.74, 6) is 0. The van der Waals surface area contributed by atoms with E-state index in [9.17, 15) is 0 Å². The van der Waals surface area contributed by atoms with Gasteiger partial charge in [0.1, 0.15) is 0 Å². The molecule has 1 unspecified atom stereocenters. The van der Waals surface area contributed by atoms with E-state index in [1.807, 2.05) is 12.4 Å². The number of piperidine rings is 1. The molecule has 1 aliphatic rings. The van der Waals surface area contributed by atoms with Crippen LogP contribution in [0.2, 0.25) is 0 Å². The Morgan fingerprint density at radius 2 is 2.21 bits per heavy atom. The van der Waals surface area contributed by atoms with Gasteiger partial charge in [0.2, 0.25) is 0 Å². The first-order valence-electron chi connectivity index (χ1n) is 7.07. The summed E-state index contributed by atoms with van der Waals surface area (Å²) in [5, 5.41) is 6.04. The molecule has 1 fully saturated rings. The first-order chi connectivity index (χ1) is 9.34. The maximum Gasteiger partial charge on any atom is 0.0346 e. The molecular formula is C16H21N3. The molecule has 2 aromatic rings. The quantitative estimate of drug-likeness (QED) is 0.913. The summed E-state index contributed by atoms with van der Waals surface area (Å²) in [6.45, 7) is 3.25. The van der Waals surface area contributed by atoms with E-state index in [0.717, 1.165) is 13.1 Å². The van der Waals surface area contributed by atoms with E-state index in [1.165, 1.54) is 35.7 Å². The third-order valence-electron chi connectivity index (χ3n) is 4.06. The Labute approximate surface area is 114 Å². The van der Waals surface area contributed by atoms with Gasteiger partial charge in [-0.25, -0.2) is 0 Å². The molecule has 0 saturated carbocycles. The van der Waals surface area contributed by atoms with Gasteiger partial charge in [0.05, 0.1) is 0 Å². The minimum absolute atomic E-state index is 0.646. The van der Waals surface area contributed by atoms with Crippen LogP contribution >= 0.6 is 0 Å². The van der Waals surface area contributed by atoms with Crippen molar-refractivity contribution in [3.63, 3.8) is 0 Å². The van der Waals surface area contributed by atoms with E-state index < -0.39 is 0 Å². The molecule has 1 aromatic heterocycles. The van der Waals surface area contributed by atoms with E-state index in [2.05, 4.69) is 46.5 Å². The van der Waals surface area contributed by atoms with Crippen LogP contribution in [0.15, 0.2) is 36.7 Å². The van der Waals surface area contributed by atoms with Gasteiger partial charge in [-0.3, -0.25) is 9.88 Å². The van der Waals surface area contributed by atoms with Gasteiger partial charge in [-0.1, -0.05) is 24.3 Å². The summed E-state index contributed by atoms with van der Waals surface area (Å²) in [4.78, 5) is 6.82. The number of fused-ring (bicyclic) bond motifs is 1. The second-order valence-corrected chi connectivity index (χ2v) is 5.44. The van der Waals surface area contributed by atoms with Gasteiger partial charge < -0.3 is 5.32 Å². The molecule has 1 saturated heterocycles. The standard InChI is InChI=1S/C16H21N3/c1-19(15-6-4-8-17-11-15)12-14-10-18-9-13-5-2-3-7-16(13)14/h2-3,5,7,9-10,15,17H,4,6,8,11-12H2,1H3. The van der Waals surface area contributed by atoms with E-state index in [1.54, 1.807) is 0 Å². The summed E-state index contributed by atoms with van der Waals surface area (Å²) in [6.07, 6.45) is 6.53. The first-order valence-corrected chi connectivity index (χ1v) is 7.07. The summed E-state index contributed by atoms with van der Waals surface area (Å²) in [7, 11) is 2.22. The smallest absolute Gasteiger partial charge is 0.0346 e. The Hall–Kier alpha value is -1.45. The van der Waals surface area contributed by atoms with Crippen LogP contribution in [-0.4, -0.2) is 36.1 Å². The third kappa shape index (κ3) is 2.77. The first kappa shape index (κ1) is 12.6.